The summed E-state index contributed by atoms with van der Waals surface area (Å²) in [6.45, 7) is 3.89. The molecule has 0 saturated heterocycles. The number of nitrogens with one attached hydrogen (secondary N) is 2. The highest BCUT2D eigenvalue weighted by Crippen LogP contribution is 2.60. The molecule has 24 heavy (non-hydrogen) atoms. The number of phenolic OH excluding ortho intramolecular Hbond substituents is 1. The van der Waals surface area contributed by atoms with Crippen molar-refractivity contribution in [2.24, 2.45) is 17.3 Å². The first-order chi connectivity index (χ1) is 11.5. The van der Waals surface area contributed by atoms with Crippen LogP contribution in [-0.4, -0.2) is 11.0 Å². The quantitative estimate of drug-likeness (QED) is 0.730. The lowest BCUT2D eigenvalue weighted by atomic mass is 9.55. The lowest BCUT2D eigenvalue weighted by molar-refractivity contribution is -0.119. The first-order valence-electron chi connectivity index (χ1n) is 9.04. The molecule has 0 aliphatic heterocycles. The Balaban J connectivity index is 1.58. The molecule has 1 saturated carbocycles. The Morgan fingerprint density at radius 2 is 2.17 bits per heavy atom. The largest absolute Gasteiger partial charge is 0.508 e. The van der Waals surface area contributed by atoms with E-state index >= 15 is 0 Å². The number of phenols is 1. The van der Waals surface area contributed by atoms with Gasteiger partial charge < -0.3 is 10.5 Å². The SMILES string of the molecule is CC(=O)NNC1=CCC2C3CCc4cc(O)ccc4C3CC[C@]12C. The highest BCUT2D eigenvalue weighted by atomic mass is 16.3. The number of rotatable bonds is 2. The van der Waals surface area contributed by atoms with E-state index in [1.165, 1.54) is 36.6 Å². The molecule has 4 atom stereocenters. The number of aryl methyl sites for hydroxylation is 1. The molecule has 3 aliphatic carbocycles. The lowest BCUT2D eigenvalue weighted by Gasteiger charge is -2.50. The molecule has 0 heterocycles. The van der Waals surface area contributed by atoms with E-state index in [-0.39, 0.29) is 11.3 Å². The maximum Gasteiger partial charge on any atom is 0.235 e. The van der Waals surface area contributed by atoms with Crippen LogP contribution in [0, 0.1) is 17.3 Å². The number of benzene rings is 1. The zero-order valence-corrected chi connectivity index (χ0v) is 14.4. The van der Waals surface area contributed by atoms with Crippen LogP contribution in [0.4, 0.5) is 0 Å². The van der Waals surface area contributed by atoms with Crippen molar-refractivity contribution in [3.63, 3.8) is 0 Å². The second kappa shape index (κ2) is 5.54. The van der Waals surface area contributed by atoms with Crippen molar-refractivity contribution in [1.29, 1.82) is 0 Å². The Hall–Kier alpha value is -1.97. The molecule has 1 aromatic rings. The number of hydrazine groups is 1. The summed E-state index contributed by atoms with van der Waals surface area (Å²) in [6, 6.07) is 5.94. The molecule has 3 aliphatic rings. The van der Waals surface area contributed by atoms with Crippen LogP contribution in [0.5, 0.6) is 5.75 Å². The Morgan fingerprint density at radius 1 is 1.33 bits per heavy atom. The van der Waals surface area contributed by atoms with Gasteiger partial charge in [0.25, 0.3) is 0 Å². The fraction of sp³-hybridized carbons (Fsp3) is 0.550. The molecule has 0 radical (unpaired) electrons. The van der Waals surface area contributed by atoms with Crippen molar-refractivity contribution in [1.82, 2.24) is 10.9 Å². The molecule has 128 valence electrons. The van der Waals surface area contributed by atoms with Gasteiger partial charge in [0.1, 0.15) is 5.75 Å². The van der Waals surface area contributed by atoms with Gasteiger partial charge in [0.2, 0.25) is 5.91 Å². The van der Waals surface area contributed by atoms with Gasteiger partial charge in [0.15, 0.2) is 0 Å². The van der Waals surface area contributed by atoms with Gasteiger partial charge in [0, 0.05) is 18.0 Å². The predicted molar refractivity (Wildman–Crippen MR) is 93.1 cm³/mol. The van der Waals surface area contributed by atoms with Crippen molar-refractivity contribution in [2.45, 2.75) is 51.9 Å². The fourth-order valence-electron chi connectivity index (χ4n) is 5.49. The Kier molecular flexibility index (Phi) is 3.59. The van der Waals surface area contributed by atoms with Crippen LogP contribution in [0.1, 0.15) is 56.6 Å². The van der Waals surface area contributed by atoms with Crippen molar-refractivity contribution in [2.75, 3.05) is 0 Å². The molecule has 0 aromatic heterocycles. The first-order valence-corrected chi connectivity index (χ1v) is 9.04. The summed E-state index contributed by atoms with van der Waals surface area (Å²) in [5.74, 6) is 2.27. The summed E-state index contributed by atoms with van der Waals surface area (Å²) in [5.41, 5.74) is 10.0. The minimum absolute atomic E-state index is 0.0527. The Morgan fingerprint density at radius 3 is 2.96 bits per heavy atom. The number of carbonyl (C=O) groups excluding carboxylic acids is 1. The molecule has 0 bridgehead atoms. The van der Waals surface area contributed by atoms with Gasteiger partial charge in [0.05, 0.1) is 0 Å². The van der Waals surface area contributed by atoms with E-state index in [0.29, 0.717) is 23.5 Å². The van der Waals surface area contributed by atoms with Crippen LogP contribution in [-0.2, 0) is 11.2 Å². The van der Waals surface area contributed by atoms with Gasteiger partial charge in [-0.1, -0.05) is 19.1 Å². The summed E-state index contributed by atoms with van der Waals surface area (Å²) in [6.07, 6.45) is 7.95. The summed E-state index contributed by atoms with van der Waals surface area (Å²) < 4.78 is 0. The molecule has 4 heteroatoms. The molecule has 0 spiro atoms. The van der Waals surface area contributed by atoms with Gasteiger partial charge in [-0.3, -0.25) is 10.2 Å². The average molecular weight is 326 g/mol. The van der Waals surface area contributed by atoms with Crippen molar-refractivity contribution < 1.29 is 9.90 Å². The number of hydrogen-bond donors (Lipinski definition) is 3. The third-order valence-electron chi connectivity index (χ3n) is 6.66. The number of carbonyl (C=O) groups is 1. The molecule has 1 fully saturated rings. The number of amides is 1. The van der Waals surface area contributed by atoms with Gasteiger partial charge in [-0.05, 0) is 73.1 Å². The summed E-state index contributed by atoms with van der Waals surface area (Å²) >= 11 is 0. The molecule has 4 nitrogen and oxygen atoms in total. The van der Waals surface area contributed by atoms with E-state index in [9.17, 15) is 9.90 Å². The summed E-state index contributed by atoms with van der Waals surface area (Å²) in [5, 5.41) is 9.76. The van der Waals surface area contributed by atoms with E-state index in [1.807, 2.05) is 12.1 Å². The number of aromatic hydroxyl groups is 1. The topological polar surface area (TPSA) is 61.4 Å². The minimum atomic E-state index is -0.0527. The van der Waals surface area contributed by atoms with Crippen molar-refractivity contribution in [3.05, 3.63) is 41.1 Å². The Bertz CT molecular complexity index is 712. The van der Waals surface area contributed by atoms with Crippen LogP contribution in [0.15, 0.2) is 30.0 Å². The standard InChI is InChI=1S/C20H26N2O2/c1-12(23)21-22-19-8-7-18-17-5-3-13-11-14(24)4-6-15(13)16(17)9-10-20(18,19)2/h4,6,8,11,16-18,22,24H,3,5,7,9-10H2,1-2H3,(H,21,23)/t16?,17?,18?,20-/m0/s1. The van der Waals surface area contributed by atoms with Gasteiger partial charge in [-0.2, -0.15) is 0 Å². The third kappa shape index (κ3) is 2.31. The highest BCUT2D eigenvalue weighted by Gasteiger charge is 2.51. The van der Waals surface area contributed by atoms with Crippen molar-refractivity contribution in [3.8, 4) is 5.75 Å². The van der Waals surface area contributed by atoms with E-state index in [0.717, 1.165) is 19.3 Å². The fourth-order valence-corrected chi connectivity index (χ4v) is 5.49. The predicted octanol–water partition coefficient (Wildman–Crippen LogP) is 3.38. The molecule has 4 rings (SSSR count). The van der Waals surface area contributed by atoms with Crippen LogP contribution in [0.2, 0.25) is 0 Å². The van der Waals surface area contributed by atoms with E-state index in [2.05, 4.69) is 29.9 Å². The van der Waals surface area contributed by atoms with E-state index in [4.69, 9.17) is 0 Å². The number of allylic oxidation sites excluding steroid dienone is 2. The maximum absolute atomic E-state index is 11.2. The zero-order chi connectivity index (χ0) is 16.9. The van der Waals surface area contributed by atoms with Gasteiger partial charge in [-0.15, -0.1) is 0 Å². The molecule has 3 N–H and O–H groups in total. The molecular weight excluding hydrogens is 300 g/mol. The summed E-state index contributed by atoms with van der Waals surface area (Å²) in [4.78, 5) is 11.2. The zero-order valence-electron chi connectivity index (χ0n) is 14.4. The Labute approximate surface area is 143 Å². The normalized spacial score (nSPS) is 33.8. The van der Waals surface area contributed by atoms with E-state index in [1.54, 1.807) is 0 Å². The maximum atomic E-state index is 11.2. The van der Waals surface area contributed by atoms with Crippen LogP contribution >= 0.6 is 0 Å². The van der Waals surface area contributed by atoms with Crippen LogP contribution in [0.3, 0.4) is 0 Å². The third-order valence-corrected chi connectivity index (χ3v) is 6.66. The summed E-state index contributed by atoms with van der Waals surface area (Å²) in [7, 11) is 0. The smallest absolute Gasteiger partial charge is 0.235 e. The van der Waals surface area contributed by atoms with Crippen LogP contribution < -0.4 is 10.9 Å². The molecule has 1 amide bonds. The van der Waals surface area contributed by atoms with Crippen LogP contribution in [0.25, 0.3) is 0 Å². The van der Waals surface area contributed by atoms with E-state index < -0.39 is 0 Å². The second-order valence-electron chi connectivity index (χ2n) is 7.91. The second-order valence-corrected chi connectivity index (χ2v) is 7.91. The molecular formula is C20H26N2O2. The van der Waals surface area contributed by atoms with Gasteiger partial charge in [-0.25, -0.2) is 0 Å². The average Bonchev–Trinajstić information content (AvgIpc) is 2.89. The molecule has 1 aromatic carbocycles. The highest BCUT2D eigenvalue weighted by molar-refractivity contribution is 5.72. The minimum Gasteiger partial charge on any atom is -0.508 e. The van der Waals surface area contributed by atoms with Gasteiger partial charge >= 0.3 is 0 Å². The van der Waals surface area contributed by atoms with Crippen molar-refractivity contribution >= 4 is 5.91 Å². The number of fused-ring (bicyclic) bond motifs is 5. The monoisotopic (exact) mass is 326 g/mol. The molecule has 3 unspecified atom stereocenters. The lowest BCUT2D eigenvalue weighted by Crippen LogP contribution is -2.46. The number of hydrogen-bond acceptors (Lipinski definition) is 3. The first kappa shape index (κ1) is 15.6.